The van der Waals surface area contributed by atoms with E-state index in [0.717, 1.165) is 16.9 Å². The minimum Gasteiger partial charge on any atom is -0.481 e. The molecule has 5 N–H and O–H groups in total. The topological polar surface area (TPSA) is 89.3 Å². The van der Waals surface area contributed by atoms with Crippen molar-refractivity contribution in [2.75, 3.05) is 0 Å². The Kier molecular flexibility index (Phi) is 2.99. The standard InChI is InChI=1S/C7H12N2O2S/c8-5-3-4(7(10)11)1-2-6(5)12-9/h4H,1-3,8-9H2,(H,10,11). The van der Waals surface area contributed by atoms with Gasteiger partial charge in [0.15, 0.2) is 0 Å². The monoisotopic (exact) mass is 188 g/mol. The van der Waals surface area contributed by atoms with Gasteiger partial charge in [0.25, 0.3) is 0 Å². The van der Waals surface area contributed by atoms with Crippen molar-refractivity contribution < 1.29 is 9.90 Å². The number of allylic oxidation sites excluding steroid dienone is 2. The molecule has 1 atom stereocenters. The minimum atomic E-state index is -0.765. The molecule has 0 bridgehead atoms. The van der Waals surface area contributed by atoms with Gasteiger partial charge in [-0.05, 0) is 12.8 Å². The molecule has 0 amide bonds. The number of hydrogen-bond donors (Lipinski definition) is 3. The third-order valence-electron chi connectivity index (χ3n) is 2.04. The van der Waals surface area contributed by atoms with E-state index in [1.807, 2.05) is 0 Å². The summed E-state index contributed by atoms with van der Waals surface area (Å²) in [5.41, 5.74) is 6.27. The molecule has 5 heteroatoms. The van der Waals surface area contributed by atoms with Crippen LogP contribution < -0.4 is 10.9 Å². The molecule has 0 aromatic heterocycles. The number of rotatable bonds is 2. The summed E-state index contributed by atoms with van der Waals surface area (Å²) in [6.07, 6.45) is 1.79. The highest BCUT2D eigenvalue weighted by atomic mass is 32.2. The van der Waals surface area contributed by atoms with E-state index in [-0.39, 0.29) is 5.92 Å². The Hall–Kier alpha value is -0.680. The van der Waals surface area contributed by atoms with Gasteiger partial charge in [-0.15, -0.1) is 0 Å². The van der Waals surface area contributed by atoms with Crippen LogP contribution in [0.4, 0.5) is 0 Å². The lowest BCUT2D eigenvalue weighted by Gasteiger charge is -2.20. The van der Waals surface area contributed by atoms with Gasteiger partial charge in [0.05, 0.1) is 5.92 Å². The van der Waals surface area contributed by atoms with Gasteiger partial charge in [-0.2, -0.15) is 0 Å². The third-order valence-corrected chi connectivity index (χ3v) is 2.79. The average Bonchev–Trinajstić information content (AvgIpc) is 2.04. The van der Waals surface area contributed by atoms with Crippen LogP contribution >= 0.6 is 11.9 Å². The molecule has 1 aliphatic rings. The Morgan fingerprint density at radius 1 is 1.67 bits per heavy atom. The van der Waals surface area contributed by atoms with E-state index in [2.05, 4.69) is 0 Å². The minimum absolute atomic E-state index is 0.319. The van der Waals surface area contributed by atoms with E-state index in [9.17, 15) is 4.79 Å². The number of carboxylic acid groups (broad SMARTS) is 1. The van der Waals surface area contributed by atoms with Crippen molar-refractivity contribution in [2.45, 2.75) is 19.3 Å². The fourth-order valence-electron chi connectivity index (χ4n) is 1.29. The maximum atomic E-state index is 10.6. The third kappa shape index (κ3) is 1.92. The van der Waals surface area contributed by atoms with Gasteiger partial charge in [0.2, 0.25) is 0 Å². The first-order valence-corrected chi connectivity index (χ1v) is 4.60. The summed E-state index contributed by atoms with van der Waals surface area (Å²) in [4.78, 5) is 11.5. The summed E-state index contributed by atoms with van der Waals surface area (Å²) >= 11 is 1.13. The molecule has 12 heavy (non-hydrogen) atoms. The van der Waals surface area contributed by atoms with Gasteiger partial charge in [0, 0.05) is 17.0 Å². The fraction of sp³-hybridized carbons (Fsp3) is 0.571. The zero-order chi connectivity index (χ0) is 9.14. The molecule has 1 unspecified atom stereocenters. The number of carbonyl (C=O) groups is 1. The highest BCUT2D eigenvalue weighted by molar-refractivity contribution is 8.00. The molecule has 0 spiro atoms. The highest BCUT2D eigenvalue weighted by Crippen LogP contribution is 2.31. The lowest BCUT2D eigenvalue weighted by atomic mass is 9.92. The summed E-state index contributed by atoms with van der Waals surface area (Å²) < 4.78 is 0. The predicted octanol–water partition coefficient (Wildman–Crippen LogP) is 0.648. The molecule has 0 aromatic carbocycles. The van der Waals surface area contributed by atoms with Gasteiger partial charge in [-0.1, -0.05) is 11.9 Å². The molecular weight excluding hydrogens is 176 g/mol. The van der Waals surface area contributed by atoms with Crippen molar-refractivity contribution in [3.8, 4) is 0 Å². The van der Waals surface area contributed by atoms with Gasteiger partial charge < -0.3 is 10.8 Å². The predicted molar refractivity (Wildman–Crippen MR) is 48.0 cm³/mol. The van der Waals surface area contributed by atoms with Crippen molar-refractivity contribution >= 4 is 17.9 Å². The fourth-order valence-corrected chi connectivity index (χ4v) is 1.76. The summed E-state index contributed by atoms with van der Waals surface area (Å²) in [5, 5.41) is 14.0. The second-order valence-corrected chi connectivity index (χ2v) is 3.57. The Morgan fingerprint density at radius 2 is 2.33 bits per heavy atom. The van der Waals surface area contributed by atoms with E-state index < -0.39 is 5.97 Å². The quantitative estimate of drug-likeness (QED) is 0.553. The Morgan fingerprint density at radius 3 is 2.75 bits per heavy atom. The van der Waals surface area contributed by atoms with Crippen molar-refractivity contribution in [3.05, 3.63) is 10.6 Å². The average molecular weight is 188 g/mol. The lowest BCUT2D eigenvalue weighted by Crippen LogP contribution is -2.21. The smallest absolute Gasteiger partial charge is 0.306 e. The highest BCUT2D eigenvalue weighted by Gasteiger charge is 2.24. The van der Waals surface area contributed by atoms with Gasteiger partial charge in [-0.25, -0.2) is 0 Å². The number of hydrogen-bond acceptors (Lipinski definition) is 4. The Balaban J connectivity index is 2.65. The van der Waals surface area contributed by atoms with Gasteiger partial charge in [0.1, 0.15) is 0 Å². The molecule has 0 aliphatic heterocycles. The molecule has 0 saturated heterocycles. The van der Waals surface area contributed by atoms with E-state index in [1.165, 1.54) is 0 Å². The molecule has 0 aromatic rings. The van der Waals surface area contributed by atoms with Crippen LogP contribution in [0.3, 0.4) is 0 Å². The summed E-state index contributed by atoms with van der Waals surface area (Å²) in [7, 11) is 0. The van der Waals surface area contributed by atoms with Crippen LogP contribution in [-0.2, 0) is 4.79 Å². The molecule has 0 fully saturated rings. The van der Waals surface area contributed by atoms with Crippen LogP contribution in [0.5, 0.6) is 0 Å². The molecule has 1 aliphatic carbocycles. The second-order valence-electron chi connectivity index (χ2n) is 2.84. The number of carboxylic acids is 1. The number of nitrogens with two attached hydrogens (primary N) is 2. The first kappa shape index (κ1) is 9.41. The van der Waals surface area contributed by atoms with E-state index >= 15 is 0 Å². The summed E-state index contributed by atoms with van der Waals surface area (Å²) in [6.45, 7) is 0. The molecule has 1 rings (SSSR count). The first-order chi connectivity index (χ1) is 5.65. The molecule has 0 saturated carbocycles. The molecular formula is C7H12N2O2S. The normalized spacial score (nSPS) is 24.2. The molecule has 68 valence electrons. The maximum absolute atomic E-state index is 10.6. The van der Waals surface area contributed by atoms with Crippen LogP contribution in [0.1, 0.15) is 19.3 Å². The van der Waals surface area contributed by atoms with E-state index in [0.29, 0.717) is 25.0 Å². The lowest BCUT2D eigenvalue weighted by molar-refractivity contribution is -0.142. The summed E-state index contributed by atoms with van der Waals surface area (Å²) in [6, 6.07) is 0. The largest absolute Gasteiger partial charge is 0.481 e. The maximum Gasteiger partial charge on any atom is 0.306 e. The summed E-state index contributed by atoms with van der Waals surface area (Å²) in [5.74, 6) is -1.08. The van der Waals surface area contributed by atoms with Crippen LogP contribution in [0.25, 0.3) is 0 Å². The van der Waals surface area contributed by atoms with Crippen LogP contribution in [0.15, 0.2) is 10.6 Å². The molecule has 0 radical (unpaired) electrons. The Labute approximate surface area is 75.1 Å². The van der Waals surface area contributed by atoms with Crippen molar-refractivity contribution in [1.82, 2.24) is 0 Å². The molecule has 0 heterocycles. The first-order valence-electron chi connectivity index (χ1n) is 3.72. The zero-order valence-corrected chi connectivity index (χ0v) is 7.43. The number of aliphatic carboxylic acids is 1. The second kappa shape index (κ2) is 3.82. The zero-order valence-electron chi connectivity index (χ0n) is 6.62. The van der Waals surface area contributed by atoms with Crippen LogP contribution in [0.2, 0.25) is 0 Å². The van der Waals surface area contributed by atoms with E-state index in [1.54, 1.807) is 0 Å². The van der Waals surface area contributed by atoms with Crippen molar-refractivity contribution in [1.29, 1.82) is 0 Å². The van der Waals surface area contributed by atoms with Crippen molar-refractivity contribution in [3.63, 3.8) is 0 Å². The van der Waals surface area contributed by atoms with Crippen LogP contribution in [-0.4, -0.2) is 11.1 Å². The van der Waals surface area contributed by atoms with Crippen molar-refractivity contribution in [2.24, 2.45) is 16.8 Å². The SMILES string of the molecule is NSC1=C(N)CC(C(=O)O)CC1. The van der Waals surface area contributed by atoms with Gasteiger partial charge in [-0.3, -0.25) is 9.93 Å². The van der Waals surface area contributed by atoms with E-state index in [4.69, 9.17) is 16.0 Å². The van der Waals surface area contributed by atoms with Crippen LogP contribution in [0, 0.1) is 5.92 Å². The molecule has 4 nitrogen and oxygen atoms in total. The Bertz CT molecular complexity index is 227. The van der Waals surface area contributed by atoms with Gasteiger partial charge >= 0.3 is 5.97 Å².